The van der Waals surface area contributed by atoms with Gasteiger partial charge in [0.2, 0.25) is 0 Å². The first kappa shape index (κ1) is 10.8. The Kier molecular flexibility index (Phi) is 3.49. The Morgan fingerprint density at radius 2 is 2.53 bits per heavy atom. The largest absolute Gasteiger partial charge is 0.298 e. The molecule has 0 spiro atoms. The Morgan fingerprint density at radius 1 is 1.67 bits per heavy atom. The lowest BCUT2D eigenvalue weighted by Gasteiger charge is -2.33. The molecule has 2 rings (SSSR count). The van der Waals surface area contributed by atoms with E-state index in [2.05, 4.69) is 9.88 Å². The summed E-state index contributed by atoms with van der Waals surface area (Å²) in [6.45, 7) is 3.63. The highest BCUT2D eigenvalue weighted by molar-refractivity contribution is 7.09. The van der Waals surface area contributed by atoms with Gasteiger partial charge in [-0.1, -0.05) is 6.42 Å². The summed E-state index contributed by atoms with van der Waals surface area (Å²) in [6, 6.07) is 0.140. The molecular formula is C11H16N2OS. The fourth-order valence-corrected chi connectivity index (χ4v) is 2.78. The predicted molar refractivity (Wildman–Crippen MR) is 60.8 cm³/mol. The summed E-state index contributed by atoms with van der Waals surface area (Å²) in [7, 11) is 0. The van der Waals surface area contributed by atoms with Crippen molar-refractivity contribution in [1.82, 2.24) is 9.88 Å². The zero-order valence-corrected chi connectivity index (χ0v) is 9.80. The van der Waals surface area contributed by atoms with Crippen molar-refractivity contribution in [1.29, 1.82) is 0 Å². The molecule has 0 N–H and O–H groups in total. The molecule has 1 fully saturated rings. The molecule has 1 aliphatic rings. The van der Waals surface area contributed by atoms with E-state index in [-0.39, 0.29) is 6.04 Å². The lowest BCUT2D eigenvalue weighted by atomic mass is 9.99. The summed E-state index contributed by atoms with van der Waals surface area (Å²) in [6.07, 6.45) is 5.32. The highest BCUT2D eigenvalue weighted by Crippen LogP contribution is 2.21. The minimum atomic E-state index is 0.140. The number of ketones is 1. The number of hydrogen-bond donors (Lipinski definition) is 0. The molecular weight excluding hydrogens is 208 g/mol. The number of piperidine rings is 1. The molecule has 0 bridgehead atoms. The van der Waals surface area contributed by atoms with Crippen LogP contribution in [-0.4, -0.2) is 28.3 Å². The van der Waals surface area contributed by atoms with Crippen LogP contribution < -0.4 is 0 Å². The van der Waals surface area contributed by atoms with E-state index in [1.807, 2.05) is 11.7 Å². The third kappa shape index (κ3) is 2.63. The zero-order chi connectivity index (χ0) is 10.7. The van der Waals surface area contributed by atoms with Gasteiger partial charge < -0.3 is 0 Å². The van der Waals surface area contributed by atoms with E-state index < -0.39 is 0 Å². The number of likely N-dealkylation sites (tertiary alicyclic amines) is 1. The molecule has 1 unspecified atom stereocenters. The lowest BCUT2D eigenvalue weighted by molar-refractivity contribution is -0.123. The maximum atomic E-state index is 11.5. The first-order chi connectivity index (χ1) is 7.27. The molecule has 15 heavy (non-hydrogen) atoms. The quantitative estimate of drug-likeness (QED) is 0.788. The van der Waals surface area contributed by atoms with Crippen molar-refractivity contribution in [2.45, 2.75) is 38.8 Å². The molecule has 1 aliphatic heterocycles. The van der Waals surface area contributed by atoms with Crippen LogP contribution in [-0.2, 0) is 11.3 Å². The van der Waals surface area contributed by atoms with E-state index in [1.54, 1.807) is 18.3 Å². The summed E-state index contributed by atoms with van der Waals surface area (Å²) in [4.78, 5) is 19.1. The minimum Gasteiger partial charge on any atom is -0.298 e. The van der Waals surface area contributed by atoms with Gasteiger partial charge in [0.1, 0.15) is 5.78 Å². The Bertz CT molecular complexity index is 323. The van der Waals surface area contributed by atoms with Gasteiger partial charge in [0, 0.05) is 17.6 Å². The normalized spacial score (nSPS) is 22.9. The summed E-state index contributed by atoms with van der Waals surface area (Å²) >= 11 is 1.67. The molecule has 0 aromatic carbocycles. The van der Waals surface area contributed by atoms with E-state index >= 15 is 0 Å². The van der Waals surface area contributed by atoms with Gasteiger partial charge in [-0.15, -0.1) is 11.3 Å². The second-order valence-corrected chi connectivity index (χ2v) is 5.03. The molecule has 1 aromatic heterocycles. The van der Waals surface area contributed by atoms with Crippen LogP contribution in [0.1, 0.15) is 31.1 Å². The molecule has 2 heterocycles. The van der Waals surface area contributed by atoms with Gasteiger partial charge in [0.25, 0.3) is 0 Å². The fourth-order valence-electron chi connectivity index (χ4n) is 2.16. The Labute approximate surface area is 94.1 Å². The van der Waals surface area contributed by atoms with Crippen LogP contribution in [0.15, 0.2) is 11.7 Å². The van der Waals surface area contributed by atoms with Gasteiger partial charge in [0.15, 0.2) is 0 Å². The molecule has 1 saturated heterocycles. The van der Waals surface area contributed by atoms with Crippen LogP contribution in [0.4, 0.5) is 0 Å². The second kappa shape index (κ2) is 4.86. The van der Waals surface area contributed by atoms with Crippen molar-refractivity contribution >= 4 is 17.1 Å². The highest BCUT2D eigenvalue weighted by atomic mass is 32.1. The summed E-state index contributed by atoms with van der Waals surface area (Å²) in [5.74, 6) is 0.305. The number of rotatable bonds is 3. The Morgan fingerprint density at radius 3 is 3.20 bits per heavy atom. The standard InChI is InChI=1S/C11H16N2OS/c1-9(14)11-4-2-3-5-13(11)7-10-6-12-8-15-10/h6,8,11H,2-5,7H2,1H3. The number of carbonyl (C=O) groups is 1. The van der Waals surface area contributed by atoms with E-state index in [0.717, 1.165) is 19.5 Å². The molecule has 0 aliphatic carbocycles. The topological polar surface area (TPSA) is 33.2 Å². The third-order valence-electron chi connectivity index (χ3n) is 2.93. The number of hydrogen-bond acceptors (Lipinski definition) is 4. The number of thiazole rings is 1. The molecule has 0 radical (unpaired) electrons. The SMILES string of the molecule is CC(=O)C1CCCCN1Cc1cncs1. The van der Waals surface area contributed by atoms with E-state index in [4.69, 9.17) is 0 Å². The van der Waals surface area contributed by atoms with Crippen LogP contribution in [0.3, 0.4) is 0 Å². The summed E-state index contributed by atoms with van der Waals surface area (Å²) < 4.78 is 0. The van der Waals surface area contributed by atoms with Crippen molar-refractivity contribution in [2.24, 2.45) is 0 Å². The monoisotopic (exact) mass is 224 g/mol. The zero-order valence-electron chi connectivity index (χ0n) is 8.98. The van der Waals surface area contributed by atoms with Gasteiger partial charge in [-0.25, -0.2) is 0 Å². The number of Topliss-reactive ketones (excluding diaryl/α,β-unsaturated/α-hetero) is 1. The van der Waals surface area contributed by atoms with Crippen molar-refractivity contribution in [3.8, 4) is 0 Å². The van der Waals surface area contributed by atoms with Crippen molar-refractivity contribution in [3.05, 3.63) is 16.6 Å². The molecule has 0 saturated carbocycles. The minimum absolute atomic E-state index is 0.140. The lowest BCUT2D eigenvalue weighted by Crippen LogP contribution is -2.42. The average molecular weight is 224 g/mol. The van der Waals surface area contributed by atoms with Crippen LogP contribution in [0.2, 0.25) is 0 Å². The molecule has 0 amide bonds. The molecule has 1 atom stereocenters. The smallest absolute Gasteiger partial charge is 0.146 e. The number of nitrogens with zero attached hydrogens (tertiary/aromatic N) is 2. The maximum absolute atomic E-state index is 11.5. The number of carbonyl (C=O) groups excluding carboxylic acids is 1. The second-order valence-electron chi connectivity index (χ2n) is 4.06. The van der Waals surface area contributed by atoms with Crippen LogP contribution in [0, 0.1) is 0 Å². The summed E-state index contributed by atoms with van der Waals surface area (Å²) in [5.41, 5.74) is 1.85. The van der Waals surface area contributed by atoms with Crippen LogP contribution in [0.5, 0.6) is 0 Å². The molecule has 82 valence electrons. The first-order valence-corrected chi connectivity index (χ1v) is 6.27. The average Bonchev–Trinajstić information content (AvgIpc) is 2.71. The Hall–Kier alpha value is -0.740. The maximum Gasteiger partial charge on any atom is 0.146 e. The first-order valence-electron chi connectivity index (χ1n) is 5.39. The van der Waals surface area contributed by atoms with Gasteiger partial charge >= 0.3 is 0 Å². The molecule has 4 heteroatoms. The van der Waals surface area contributed by atoms with Crippen LogP contribution in [0.25, 0.3) is 0 Å². The van der Waals surface area contributed by atoms with Gasteiger partial charge in [-0.05, 0) is 26.3 Å². The molecule has 1 aromatic rings. The third-order valence-corrected chi connectivity index (χ3v) is 3.69. The van der Waals surface area contributed by atoms with E-state index in [0.29, 0.717) is 5.78 Å². The van der Waals surface area contributed by atoms with E-state index in [1.165, 1.54) is 17.7 Å². The van der Waals surface area contributed by atoms with Crippen molar-refractivity contribution in [3.63, 3.8) is 0 Å². The van der Waals surface area contributed by atoms with Gasteiger partial charge in [0.05, 0.1) is 11.6 Å². The van der Waals surface area contributed by atoms with Crippen molar-refractivity contribution < 1.29 is 4.79 Å². The van der Waals surface area contributed by atoms with Gasteiger partial charge in [-0.3, -0.25) is 14.7 Å². The fraction of sp³-hybridized carbons (Fsp3) is 0.636. The molecule has 3 nitrogen and oxygen atoms in total. The van der Waals surface area contributed by atoms with Crippen molar-refractivity contribution in [2.75, 3.05) is 6.54 Å². The van der Waals surface area contributed by atoms with E-state index in [9.17, 15) is 4.79 Å². The Balaban J connectivity index is 2.02. The summed E-state index contributed by atoms with van der Waals surface area (Å²) in [5, 5.41) is 0. The van der Waals surface area contributed by atoms with Gasteiger partial charge in [-0.2, -0.15) is 0 Å². The number of aromatic nitrogens is 1. The highest BCUT2D eigenvalue weighted by Gasteiger charge is 2.25. The predicted octanol–water partition coefficient (Wildman–Crippen LogP) is 2.09. The van der Waals surface area contributed by atoms with Crippen LogP contribution >= 0.6 is 11.3 Å².